The summed E-state index contributed by atoms with van der Waals surface area (Å²) in [6.07, 6.45) is 2.19. The van der Waals surface area contributed by atoms with Crippen molar-refractivity contribution in [3.8, 4) is 5.75 Å². The van der Waals surface area contributed by atoms with Crippen LogP contribution in [0.5, 0.6) is 5.75 Å². The molecule has 0 aliphatic heterocycles. The fraction of sp³-hybridized carbons (Fsp3) is 0.368. The Labute approximate surface area is 128 Å². The first-order valence-electron chi connectivity index (χ1n) is 7.74. The lowest BCUT2D eigenvalue weighted by atomic mass is 9.89. The maximum absolute atomic E-state index is 5.60. The average molecular weight is 283 g/mol. The maximum atomic E-state index is 5.60. The fourth-order valence-electron chi connectivity index (χ4n) is 2.64. The molecule has 0 spiro atoms. The molecule has 1 N–H and O–H groups in total. The molecule has 0 aliphatic rings. The second kappa shape index (κ2) is 8.48. The zero-order valence-corrected chi connectivity index (χ0v) is 13.0. The fourth-order valence-corrected chi connectivity index (χ4v) is 2.64. The summed E-state index contributed by atoms with van der Waals surface area (Å²) < 4.78 is 5.60. The van der Waals surface area contributed by atoms with Crippen LogP contribution in [0.15, 0.2) is 54.6 Å². The predicted octanol–water partition coefficient (Wildman–Crippen LogP) is 4.02. The minimum Gasteiger partial charge on any atom is -0.494 e. The molecule has 2 heteroatoms. The lowest BCUT2D eigenvalue weighted by Crippen LogP contribution is -2.14. The van der Waals surface area contributed by atoms with E-state index in [0.29, 0.717) is 12.5 Å². The third-order valence-corrected chi connectivity index (χ3v) is 3.71. The second-order valence-electron chi connectivity index (χ2n) is 5.28. The summed E-state index contributed by atoms with van der Waals surface area (Å²) in [5.41, 5.74) is 2.75. The smallest absolute Gasteiger partial charge is 0.119 e. The van der Waals surface area contributed by atoms with E-state index in [-0.39, 0.29) is 0 Å². The van der Waals surface area contributed by atoms with Crippen molar-refractivity contribution >= 4 is 0 Å². The van der Waals surface area contributed by atoms with Crippen LogP contribution < -0.4 is 10.1 Å². The van der Waals surface area contributed by atoms with Gasteiger partial charge in [0, 0.05) is 0 Å². The Morgan fingerprint density at radius 2 is 1.86 bits per heavy atom. The highest BCUT2D eigenvalue weighted by Gasteiger charge is 2.12. The van der Waals surface area contributed by atoms with Crippen LogP contribution in [0.1, 0.15) is 30.4 Å². The van der Waals surface area contributed by atoms with Crippen LogP contribution in [0.4, 0.5) is 0 Å². The molecule has 0 saturated heterocycles. The van der Waals surface area contributed by atoms with Crippen molar-refractivity contribution in [2.75, 3.05) is 20.2 Å². The minimum absolute atomic E-state index is 0.538. The molecule has 0 aliphatic carbocycles. The Balaban J connectivity index is 2.12. The Morgan fingerprint density at radius 3 is 2.57 bits per heavy atom. The van der Waals surface area contributed by atoms with Crippen molar-refractivity contribution in [2.45, 2.75) is 25.7 Å². The van der Waals surface area contributed by atoms with Crippen LogP contribution in [0.25, 0.3) is 0 Å². The van der Waals surface area contributed by atoms with Crippen molar-refractivity contribution in [1.29, 1.82) is 0 Å². The van der Waals surface area contributed by atoms with Gasteiger partial charge in [-0.3, -0.25) is 0 Å². The van der Waals surface area contributed by atoms with Crippen LogP contribution in [0.2, 0.25) is 0 Å². The minimum atomic E-state index is 0.538. The Hall–Kier alpha value is -1.80. The summed E-state index contributed by atoms with van der Waals surface area (Å²) in [5.74, 6) is 1.51. The van der Waals surface area contributed by atoms with Crippen molar-refractivity contribution in [2.24, 2.45) is 0 Å². The summed E-state index contributed by atoms with van der Waals surface area (Å²) in [7, 11) is 2.01. The number of hydrogen-bond donors (Lipinski definition) is 1. The van der Waals surface area contributed by atoms with Crippen LogP contribution in [-0.4, -0.2) is 20.2 Å². The monoisotopic (exact) mass is 283 g/mol. The number of hydrogen-bond acceptors (Lipinski definition) is 2. The van der Waals surface area contributed by atoms with E-state index in [2.05, 4.69) is 53.8 Å². The molecule has 0 heterocycles. The van der Waals surface area contributed by atoms with Gasteiger partial charge in [-0.1, -0.05) is 42.5 Å². The zero-order chi connectivity index (χ0) is 14.9. The van der Waals surface area contributed by atoms with Gasteiger partial charge in [0.25, 0.3) is 0 Å². The first-order chi connectivity index (χ1) is 10.3. The molecule has 0 radical (unpaired) electrons. The van der Waals surface area contributed by atoms with Crippen LogP contribution in [0, 0.1) is 0 Å². The summed E-state index contributed by atoms with van der Waals surface area (Å²) in [5, 5.41) is 3.26. The molecular formula is C19H25NO. The highest BCUT2D eigenvalue weighted by molar-refractivity contribution is 5.31. The summed E-state index contributed by atoms with van der Waals surface area (Å²) in [6.45, 7) is 3.77. The van der Waals surface area contributed by atoms with Gasteiger partial charge in [-0.05, 0) is 62.5 Å². The first-order valence-corrected chi connectivity index (χ1v) is 7.74. The number of ether oxygens (including phenoxy) is 1. The third-order valence-electron chi connectivity index (χ3n) is 3.71. The second-order valence-corrected chi connectivity index (χ2v) is 5.28. The van der Waals surface area contributed by atoms with Gasteiger partial charge in [0.15, 0.2) is 0 Å². The van der Waals surface area contributed by atoms with Crippen molar-refractivity contribution < 1.29 is 4.74 Å². The van der Waals surface area contributed by atoms with Gasteiger partial charge in [0.05, 0.1) is 6.61 Å². The molecule has 2 nitrogen and oxygen atoms in total. The van der Waals surface area contributed by atoms with Crippen LogP contribution in [-0.2, 0) is 6.42 Å². The summed E-state index contributed by atoms with van der Waals surface area (Å²) in [6, 6.07) is 19.2. The molecule has 112 valence electrons. The first kappa shape index (κ1) is 15.6. The van der Waals surface area contributed by atoms with Gasteiger partial charge in [-0.25, -0.2) is 0 Å². The molecule has 0 fully saturated rings. The SMILES string of the molecule is CCOc1cccc(CC(CCNC)c2ccccc2)c1. The average Bonchev–Trinajstić information content (AvgIpc) is 2.53. The molecule has 0 aromatic heterocycles. The Morgan fingerprint density at radius 1 is 1.05 bits per heavy atom. The largest absolute Gasteiger partial charge is 0.494 e. The van der Waals surface area contributed by atoms with E-state index in [1.165, 1.54) is 11.1 Å². The van der Waals surface area contributed by atoms with Gasteiger partial charge in [0.1, 0.15) is 5.75 Å². The normalized spacial score (nSPS) is 12.1. The lowest BCUT2D eigenvalue weighted by molar-refractivity contribution is 0.340. The topological polar surface area (TPSA) is 21.3 Å². The summed E-state index contributed by atoms with van der Waals surface area (Å²) in [4.78, 5) is 0. The molecule has 1 atom stereocenters. The Kier molecular flexibility index (Phi) is 6.29. The van der Waals surface area contributed by atoms with Crippen molar-refractivity contribution in [3.05, 3.63) is 65.7 Å². The maximum Gasteiger partial charge on any atom is 0.119 e. The molecule has 2 rings (SSSR count). The van der Waals surface area contributed by atoms with Crippen LogP contribution in [0.3, 0.4) is 0 Å². The van der Waals surface area contributed by atoms with Gasteiger partial charge in [0.2, 0.25) is 0 Å². The molecule has 1 unspecified atom stereocenters. The van der Waals surface area contributed by atoms with Gasteiger partial charge < -0.3 is 10.1 Å². The zero-order valence-electron chi connectivity index (χ0n) is 13.0. The van der Waals surface area contributed by atoms with E-state index < -0.39 is 0 Å². The molecule has 0 saturated carbocycles. The summed E-state index contributed by atoms with van der Waals surface area (Å²) >= 11 is 0. The van der Waals surface area contributed by atoms with Crippen LogP contribution >= 0.6 is 0 Å². The molecule has 2 aromatic rings. The van der Waals surface area contributed by atoms with E-state index in [0.717, 1.165) is 25.1 Å². The lowest BCUT2D eigenvalue weighted by Gasteiger charge is -2.18. The van der Waals surface area contributed by atoms with E-state index >= 15 is 0 Å². The highest BCUT2D eigenvalue weighted by atomic mass is 16.5. The van der Waals surface area contributed by atoms with Crippen molar-refractivity contribution in [1.82, 2.24) is 5.32 Å². The van der Waals surface area contributed by atoms with Gasteiger partial charge in [-0.15, -0.1) is 0 Å². The molecule has 0 bridgehead atoms. The van der Waals surface area contributed by atoms with Crippen molar-refractivity contribution in [3.63, 3.8) is 0 Å². The number of nitrogens with one attached hydrogen (secondary N) is 1. The van der Waals surface area contributed by atoms with E-state index in [4.69, 9.17) is 4.74 Å². The molecule has 0 amide bonds. The van der Waals surface area contributed by atoms with E-state index in [1.54, 1.807) is 0 Å². The van der Waals surface area contributed by atoms with E-state index in [1.807, 2.05) is 20.0 Å². The Bertz CT molecular complexity index is 524. The molecule has 2 aromatic carbocycles. The third kappa shape index (κ3) is 4.91. The number of rotatable bonds is 8. The molecular weight excluding hydrogens is 258 g/mol. The predicted molar refractivity (Wildman–Crippen MR) is 89.0 cm³/mol. The van der Waals surface area contributed by atoms with Gasteiger partial charge in [-0.2, -0.15) is 0 Å². The van der Waals surface area contributed by atoms with Gasteiger partial charge >= 0.3 is 0 Å². The highest BCUT2D eigenvalue weighted by Crippen LogP contribution is 2.25. The quantitative estimate of drug-likeness (QED) is 0.790. The molecule has 21 heavy (non-hydrogen) atoms. The standard InChI is InChI=1S/C19H25NO/c1-3-21-19-11-7-8-16(15-19)14-18(12-13-20-2)17-9-5-4-6-10-17/h4-11,15,18,20H,3,12-14H2,1-2H3. The number of benzene rings is 2. The van der Waals surface area contributed by atoms with E-state index in [9.17, 15) is 0 Å².